The van der Waals surface area contributed by atoms with Crippen LogP contribution in [0.25, 0.3) is 76.7 Å². The number of aromatic nitrogens is 1. The van der Waals surface area contributed by atoms with Gasteiger partial charge in [0.05, 0.1) is 0 Å². The molecule has 1 aromatic heterocycles. The Morgan fingerprint density at radius 1 is 0.308 bits per heavy atom. The summed E-state index contributed by atoms with van der Waals surface area (Å²) in [6, 6.07) is 52.7. The predicted molar refractivity (Wildman–Crippen MR) is 167 cm³/mol. The average molecular weight is 496 g/mol. The molecular formula is C38H25N. The van der Waals surface area contributed by atoms with Crippen molar-refractivity contribution < 1.29 is 0 Å². The maximum absolute atomic E-state index is 3.65. The van der Waals surface area contributed by atoms with Crippen LogP contribution in [0.1, 0.15) is 0 Å². The summed E-state index contributed by atoms with van der Waals surface area (Å²) in [7, 11) is 0. The van der Waals surface area contributed by atoms with E-state index in [1.807, 2.05) is 0 Å². The first-order valence-electron chi connectivity index (χ1n) is 13.5. The fraction of sp³-hybridized carbons (Fsp3) is 0. The Morgan fingerprint density at radius 2 is 0.795 bits per heavy atom. The fourth-order valence-electron chi connectivity index (χ4n) is 6.40. The third-order valence-electron chi connectivity index (χ3n) is 7.99. The minimum Gasteiger partial charge on any atom is -0.354 e. The van der Waals surface area contributed by atoms with E-state index < -0.39 is 0 Å². The third kappa shape index (κ3) is 3.34. The van der Waals surface area contributed by atoms with E-state index in [4.69, 9.17) is 0 Å². The molecule has 0 saturated carbocycles. The number of benzene rings is 7. The first-order chi connectivity index (χ1) is 19.4. The lowest BCUT2D eigenvalue weighted by molar-refractivity contribution is 1.55. The molecule has 39 heavy (non-hydrogen) atoms. The Morgan fingerprint density at radius 3 is 1.51 bits per heavy atom. The van der Waals surface area contributed by atoms with Crippen molar-refractivity contribution in [3.8, 4) is 33.4 Å². The number of hydrogen-bond donors (Lipinski definition) is 1. The highest BCUT2D eigenvalue weighted by atomic mass is 14.7. The van der Waals surface area contributed by atoms with Gasteiger partial charge in [0.25, 0.3) is 0 Å². The normalized spacial score (nSPS) is 11.6. The summed E-state index contributed by atoms with van der Waals surface area (Å²) in [6.07, 6.45) is 0. The van der Waals surface area contributed by atoms with E-state index in [1.165, 1.54) is 71.2 Å². The lowest BCUT2D eigenvalue weighted by Crippen LogP contribution is -1.93. The van der Waals surface area contributed by atoms with Crippen LogP contribution in [0.2, 0.25) is 0 Å². The number of fused-ring (bicyclic) bond motifs is 5. The summed E-state index contributed by atoms with van der Waals surface area (Å²) >= 11 is 0. The molecule has 8 aromatic rings. The summed E-state index contributed by atoms with van der Waals surface area (Å²) in [4.78, 5) is 3.65. The lowest BCUT2D eigenvalue weighted by Gasteiger charge is -2.20. The van der Waals surface area contributed by atoms with Gasteiger partial charge in [-0.3, -0.25) is 0 Å². The Hall–Kier alpha value is -5.14. The molecule has 0 amide bonds. The van der Waals surface area contributed by atoms with Gasteiger partial charge in [0.1, 0.15) is 0 Å². The van der Waals surface area contributed by atoms with Gasteiger partial charge in [-0.1, -0.05) is 133 Å². The van der Waals surface area contributed by atoms with Gasteiger partial charge in [0.2, 0.25) is 0 Å². The van der Waals surface area contributed by atoms with Crippen LogP contribution < -0.4 is 0 Å². The van der Waals surface area contributed by atoms with E-state index in [9.17, 15) is 0 Å². The van der Waals surface area contributed by atoms with Crippen LogP contribution in [0.15, 0.2) is 146 Å². The Bertz CT molecular complexity index is 2150. The van der Waals surface area contributed by atoms with E-state index >= 15 is 0 Å². The molecule has 0 aliphatic heterocycles. The molecule has 0 aliphatic carbocycles. The first kappa shape index (κ1) is 21.9. The minimum atomic E-state index is 1.16. The molecule has 0 spiro atoms. The van der Waals surface area contributed by atoms with E-state index in [1.54, 1.807) is 0 Å². The van der Waals surface area contributed by atoms with Crippen molar-refractivity contribution in [3.05, 3.63) is 146 Å². The fourth-order valence-corrected chi connectivity index (χ4v) is 6.40. The van der Waals surface area contributed by atoms with Crippen molar-refractivity contribution >= 4 is 43.4 Å². The van der Waals surface area contributed by atoms with Crippen molar-refractivity contribution in [2.75, 3.05) is 0 Å². The van der Waals surface area contributed by atoms with Gasteiger partial charge in [-0.25, -0.2) is 0 Å². The number of para-hydroxylation sites is 1. The molecule has 0 aliphatic rings. The lowest BCUT2D eigenvalue weighted by atomic mass is 9.82. The van der Waals surface area contributed by atoms with Crippen LogP contribution in [0.4, 0.5) is 0 Å². The topological polar surface area (TPSA) is 15.8 Å². The minimum absolute atomic E-state index is 1.16. The van der Waals surface area contributed by atoms with Crippen LogP contribution in [0.5, 0.6) is 0 Å². The summed E-state index contributed by atoms with van der Waals surface area (Å²) in [5.41, 5.74) is 9.88. The molecule has 0 bridgehead atoms. The zero-order valence-electron chi connectivity index (χ0n) is 21.4. The quantitative estimate of drug-likeness (QED) is 0.235. The van der Waals surface area contributed by atoms with Gasteiger partial charge in [-0.05, 0) is 67.1 Å². The monoisotopic (exact) mass is 495 g/mol. The molecule has 182 valence electrons. The average Bonchev–Trinajstić information content (AvgIpc) is 3.39. The van der Waals surface area contributed by atoms with E-state index in [-0.39, 0.29) is 0 Å². The van der Waals surface area contributed by atoms with Gasteiger partial charge in [0, 0.05) is 21.8 Å². The second-order valence-electron chi connectivity index (χ2n) is 10.2. The maximum atomic E-state index is 3.65. The number of aromatic amines is 1. The Balaban J connectivity index is 1.62. The summed E-state index contributed by atoms with van der Waals surface area (Å²) in [5.74, 6) is 0. The molecule has 1 nitrogen and oxygen atoms in total. The van der Waals surface area contributed by atoms with E-state index in [0.717, 1.165) is 5.52 Å². The van der Waals surface area contributed by atoms with Crippen molar-refractivity contribution in [3.63, 3.8) is 0 Å². The van der Waals surface area contributed by atoms with Crippen LogP contribution in [0.3, 0.4) is 0 Å². The second-order valence-corrected chi connectivity index (χ2v) is 10.2. The smallest absolute Gasteiger partial charge is 0.0471 e. The Labute approximate surface area is 227 Å². The molecule has 0 unspecified atom stereocenters. The molecular weight excluding hydrogens is 470 g/mol. The van der Waals surface area contributed by atoms with Gasteiger partial charge >= 0.3 is 0 Å². The maximum Gasteiger partial charge on any atom is 0.0471 e. The zero-order chi connectivity index (χ0) is 25.8. The molecule has 1 N–H and O–H groups in total. The van der Waals surface area contributed by atoms with Crippen LogP contribution in [0, 0.1) is 0 Å². The van der Waals surface area contributed by atoms with Gasteiger partial charge in [-0.2, -0.15) is 0 Å². The van der Waals surface area contributed by atoms with Crippen molar-refractivity contribution in [2.24, 2.45) is 0 Å². The van der Waals surface area contributed by atoms with Gasteiger partial charge in [-0.15, -0.1) is 0 Å². The standard InChI is InChI=1S/C38H25N/c1-3-13-25(14-4-1)35-27-17-7-8-18-28(27)36(26-15-5-2-6-16-26)38-30(20-11-22-32(35)38)29-21-12-24-34-37(29)31-19-9-10-23-33(31)39-34/h1-24,39H. The van der Waals surface area contributed by atoms with Crippen molar-refractivity contribution in [2.45, 2.75) is 0 Å². The first-order valence-corrected chi connectivity index (χ1v) is 13.5. The summed E-state index contributed by atoms with van der Waals surface area (Å²) < 4.78 is 0. The number of hydrogen-bond acceptors (Lipinski definition) is 0. The highest BCUT2D eigenvalue weighted by molar-refractivity contribution is 6.26. The third-order valence-corrected chi connectivity index (χ3v) is 7.99. The van der Waals surface area contributed by atoms with Crippen molar-refractivity contribution in [1.29, 1.82) is 0 Å². The van der Waals surface area contributed by atoms with Crippen molar-refractivity contribution in [1.82, 2.24) is 4.98 Å². The summed E-state index contributed by atoms with van der Waals surface area (Å²) in [5, 5.41) is 7.64. The molecule has 0 atom stereocenters. The van der Waals surface area contributed by atoms with E-state index in [0.29, 0.717) is 0 Å². The molecule has 0 fully saturated rings. The number of H-pyrrole nitrogens is 1. The highest BCUT2D eigenvalue weighted by Crippen LogP contribution is 2.48. The number of nitrogens with one attached hydrogen (secondary N) is 1. The second kappa shape index (κ2) is 8.72. The number of rotatable bonds is 3. The van der Waals surface area contributed by atoms with Crippen LogP contribution in [-0.4, -0.2) is 4.98 Å². The largest absolute Gasteiger partial charge is 0.354 e. The molecule has 1 heterocycles. The molecule has 1 heteroatoms. The predicted octanol–water partition coefficient (Wildman–Crippen LogP) is 10.6. The zero-order valence-corrected chi connectivity index (χ0v) is 21.4. The molecule has 7 aromatic carbocycles. The van der Waals surface area contributed by atoms with Gasteiger partial charge < -0.3 is 4.98 Å². The molecule has 0 saturated heterocycles. The molecule has 8 rings (SSSR count). The SMILES string of the molecule is c1ccc(-c2c3ccccc3c(-c3ccccc3)c3c(-c4cccc5[nH]c6ccccc6c45)cccc23)cc1. The Kier molecular flexibility index (Phi) is 4.89. The van der Waals surface area contributed by atoms with Gasteiger partial charge in [0.15, 0.2) is 0 Å². The summed E-state index contributed by atoms with van der Waals surface area (Å²) in [6.45, 7) is 0. The van der Waals surface area contributed by atoms with Crippen LogP contribution >= 0.6 is 0 Å². The highest BCUT2D eigenvalue weighted by Gasteiger charge is 2.20. The van der Waals surface area contributed by atoms with E-state index in [2.05, 4.69) is 151 Å². The molecule has 0 radical (unpaired) electrons. The van der Waals surface area contributed by atoms with Crippen LogP contribution in [-0.2, 0) is 0 Å².